The predicted octanol–water partition coefficient (Wildman–Crippen LogP) is 3.62. The topological polar surface area (TPSA) is 65.2 Å². The number of rotatable bonds is 5. The van der Waals surface area contributed by atoms with Gasteiger partial charge < -0.3 is 9.26 Å². The maximum absolute atomic E-state index is 11.6. The van der Waals surface area contributed by atoms with Gasteiger partial charge in [-0.2, -0.15) is 27.7 Å². The summed E-state index contributed by atoms with van der Waals surface area (Å²) in [5, 5.41) is 11.6. The fraction of sp³-hybridized carbons (Fsp3) is 0.0714. The number of esters is 1. The van der Waals surface area contributed by atoms with E-state index in [-0.39, 0.29) is 12.5 Å². The van der Waals surface area contributed by atoms with E-state index in [4.69, 9.17) is 9.26 Å². The van der Waals surface area contributed by atoms with E-state index in [0.29, 0.717) is 5.82 Å². The molecule has 0 saturated carbocycles. The Labute approximate surface area is 128 Å². The van der Waals surface area contributed by atoms with Gasteiger partial charge in [0.05, 0.1) is 0 Å². The van der Waals surface area contributed by atoms with Gasteiger partial charge in [0.1, 0.15) is 0 Å². The highest BCUT2D eigenvalue weighted by Crippen LogP contribution is 2.18. The predicted molar refractivity (Wildman–Crippen MR) is 80.8 cm³/mol. The molecule has 0 spiro atoms. The summed E-state index contributed by atoms with van der Waals surface area (Å²) in [5.41, 5.74) is 1.85. The van der Waals surface area contributed by atoms with E-state index in [1.54, 1.807) is 28.7 Å². The van der Waals surface area contributed by atoms with Crippen LogP contribution >= 0.6 is 22.7 Å². The normalized spacial score (nSPS) is 11.0. The Morgan fingerprint density at radius 1 is 1.29 bits per heavy atom. The van der Waals surface area contributed by atoms with Gasteiger partial charge in [-0.25, -0.2) is 4.79 Å². The summed E-state index contributed by atoms with van der Waals surface area (Å²) in [6.07, 6.45) is 3.07. The van der Waals surface area contributed by atoms with Crippen molar-refractivity contribution < 1.29 is 14.1 Å². The van der Waals surface area contributed by atoms with Gasteiger partial charge in [0.15, 0.2) is 6.61 Å². The highest BCUT2D eigenvalue weighted by atomic mass is 32.1. The molecule has 0 aliphatic carbocycles. The molecular formula is C14H10N2O3S2. The van der Waals surface area contributed by atoms with Gasteiger partial charge in [-0.1, -0.05) is 5.16 Å². The minimum atomic E-state index is -0.448. The molecule has 3 heterocycles. The van der Waals surface area contributed by atoms with Crippen molar-refractivity contribution in [3.05, 3.63) is 51.2 Å². The van der Waals surface area contributed by atoms with Gasteiger partial charge in [-0.15, -0.1) is 0 Å². The monoisotopic (exact) mass is 318 g/mol. The lowest BCUT2D eigenvalue weighted by molar-refractivity contribution is -0.139. The van der Waals surface area contributed by atoms with E-state index in [2.05, 4.69) is 10.1 Å². The van der Waals surface area contributed by atoms with Gasteiger partial charge >= 0.3 is 5.97 Å². The van der Waals surface area contributed by atoms with Crippen LogP contribution in [0, 0.1) is 0 Å². The summed E-state index contributed by atoms with van der Waals surface area (Å²) in [6, 6.07) is 3.81. The minimum absolute atomic E-state index is 0.0378. The molecule has 0 saturated heterocycles. The van der Waals surface area contributed by atoms with Crippen LogP contribution in [0.2, 0.25) is 0 Å². The number of hydrogen-bond donors (Lipinski definition) is 0. The molecule has 3 aromatic rings. The summed E-state index contributed by atoms with van der Waals surface area (Å²) in [5.74, 6) is 0.320. The summed E-state index contributed by atoms with van der Waals surface area (Å²) >= 11 is 3.12. The van der Waals surface area contributed by atoms with Gasteiger partial charge in [-0.05, 0) is 39.9 Å². The summed E-state index contributed by atoms with van der Waals surface area (Å²) in [7, 11) is 0. The second-order valence-electron chi connectivity index (χ2n) is 4.02. The zero-order valence-electron chi connectivity index (χ0n) is 10.8. The van der Waals surface area contributed by atoms with Crippen molar-refractivity contribution in [2.75, 3.05) is 0 Å². The number of nitrogens with zero attached hydrogens (tertiary/aromatic N) is 2. The van der Waals surface area contributed by atoms with Crippen molar-refractivity contribution in [2.24, 2.45) is 0 Å². The highest BCUT2D eigenvalue weighted by molar-refractivity contribution is 7.08. The van der Waals surface area contributed by atoms with E-state index < -0.39 is 5.97 Å². The van der Waals surface area contributed by atoms with Crippen LogP contribution in [0.15, 0.2) is 44.3 Å². The zero-order chi connectivity index (χ0) is 14.5. The lowest BCUT2D eigenvalue weighted by Gasteiger charge is -1.95. The van der Waals surface area contributed by atoms with Crippen LogP contribution in [-0.4, -0.2) is 16.1 Å². The standard InChI is InChI=1S/C14H10N2O3S2/c17-13(2-1-10-3-5-20-8-10)18-7-12-15-14(16-19-12)11-4-6-21-9-11/h1-6,8-9H,7H2/b2-1+. The second-order valence-corrected chi connectivity index (χ2v) is 5.58. The van der Waals surface area contributed by atoms with E-state index in [9.17, 15) is 4.79 Å². The molecule has 5 nitrogen and oxygen atoms in total. The Bertz CT molecular complexity index is 730. The second kappa shape index (κ2) is 6.47. The maximum Gasteiger partial charge on any atom is 0.331 e. The van der Waals surface area contributed by atoms with E-state index in [1.165, 1.54) is 6.08 Å². The van der Waals surface area contributed by atoms with Crippen LogP contribution in [0.5, 0.6) is 0 Å². The largest absolute Gasteiger partial charge is 0.452 e. The first-order chi connectivity index (χ1) is 10.3. The van der Waals surface area contributed by atoms with Crippen molar-refractivity contribution in [3.8, 4) is 11.4 Å². The summed E-state index contributed by atoms with van der Waals surface area (Å²) in [4.78, 5) is 15.7. The Morgan fingerprint density at radius 3 is 2.90 bits per heavy atom. The van der Waals surface area contributed by atoms with Crippen LogP contribution in [0.1, 0.15) is 11.5 Å². The van der Waals surface area contributed by atoms with Crippen molar-refractivity contribution in [2.45, 2.75) is 6.61 Å². The first-order valence-electron chi connectivity index (χ1n) is 6.03. The van der Waals surface area contributed by atoms with Crippen molar-refractivity contribution in [1.29, 1.82) is 0 Å². The molecule has 3 aromatic heterocycles. The Morgan fingerprint density at radius 2 is 2.14 bits per heavy atom. The van der Waals surface area contributed by atoms with Gasteiger partial charge in [0.25, 0.3) is 5.89 Å². The molecule has 3 rings (SSSR count). The fourth-order valence-corrected chi connectivity index (χ4v) is 2.80. The van der Waals surface area contributed by atoms with Crippen molar-refractivity contribution in [3.63, 3.8) is 0 Å². The smallest absolute Gasteiger partial charge is 0.331 e. The third-order valence-electron chi connectivity index (χ3n) is 2.54. The molecule has 0 N–H and O–H groups in total. The van der Waals surface area contributed by atoms with Crippen LogP contribution in [0.25, 0.3) is 17.5 Å². The van der Waals surface area contributed by atoms with Crippen LogP contribution in [0.3, 0.4) is 0 Å². The summed E-state index contributed by atoms with van der Waals surface area (Å²) in [6.45, 7) is -0.0378. The van der Waals surface area contributed by atoms with Crippen molar-refractivity contribution >= 4 is 34.7 Å². The van der Waals surface area contributed by atoms with E-state index >= 15 is 0 Å². The molecule has 0 amide bonds. The number of ether oxygens (including phenoxy) is 1. The molecule has 0 unspecified atom stereocenters. The lowest BCUT2D eigenvalue weighted by Crippen LogP contribution is -2.00. The van der Waals surface area contributed by atoms with Crippen LogP contribution in [0.4, 0.5) is 0 Å². The first-order valence-corrected chi connectivity index (χ1v) is 7.92. The highest BCUT2D eigenvalue weighted by Gasteiger charge is 2.10. The van der Waals surface area contributed by atoms with E-state index in [1.807, 2.05) is 33.7 Å². The molecule has 0 aliphatic rings. The van der Waals surface area contributed by atoms with Crippen LogP contribution < -0.4 is 0 Å². The van der Waals surface area contributed by atoms with Gasteiger partial charge in [0.2, 0.25) is 5.82 Å². The molecule has 0 aromatic carbocycles. The number of thiophene rings is 2. The Hall–Kier alpha value is -2.25. The maximum atomic E-state index is 11.6. The molecule has 0 aliphatic heterocycles. The van der Waals surface area contributed by atoms with Gasteiger partial charge in [0, 0.05) is 17.0 Å². The molecule has 106 valence electrons. The fourth-order valence-electron chi connectivity index (χ4n) is 1.54. The SMILES string of the molecule is O=C(/C=C/c1ccsc1)OCc1nc(-c2ccsc2)no1. The average Bonchev–Trinajstić information content (AvgIpc) is 3.24. The molecule has 7 heteroatoms. The Kier molecular flexibility index (Phi) is 4.23. The number of hydrogen-bond acceptors (Lipinski definition) is 7. The molecule has 21 heavy (non-hydrogen) atoms. The molecule has 0 fully saturated rings. The average molecular weight is 318 g/mol. The summed E-state index contributed by atoms with van der Waals surface area (Å²) < 4.78 is 10.1. The van der Waals surface area contributed by atoms with Crippen LogP contribution in [-0.2, 0) is 16.1 Å². The minimum Gasteiger partial charge on any atom is -0.452 e. The molecule has 0 bridgehead atoms. The van der Waals surface area contributed by atoms with Crippen molar-refractivity contribution in [1.82, 2.24) is 10.1 Å². The third kappa shape index (κ3) is 3.65. The van der Waals surface area contributed by atoms with Gasteiger partial charge in [-0.3, -0.25) is 0 Å². The lowest BCUT2D eigenvalue weighted by atomic mass is 10.3. The van der Waals surface area contributed by atoms with E-state index in [0.717, 1.165) is 11.1 Å². The third-order valence-corrected chi connectivity index (χ3v) is 3.93. The number of aromatic nitrogens is 2. The Balaban J connectivity index is 1.54. The zero-order valence-corrected chi connectivity index (χ0v) is 12.4. The molecular weight excluding hydrogens is 308 g/mol. The quantitative estimate of drug-likeness (QED) is 0.531. The molecule has 0 atom stereocenters. The molecule has 0 radical (unpaired) electrons. The number of carbonyl (C=O) groups excluding carboxylic acids is 1. The first kappa shape index (κ1) is 13.7. The number of carbonyl (C=O) groups is 1.